The number of carbonyl (C=O) groups excluding carboxylic acids is 1. The molecule has 2 atom stereocenters. The number of carbonyl (C=O) groups is 1. The third kappa shape index (κ3) is 2.49. The van der Waals surface area contributed by atoms with Crippen LogP contribution in [0.25, 0.3) is 0 Å². The molecule has 1 fully saturated rings. The summed E-state index contributed by atoms with van der Waals surface area (Å²) in [5.41, 5.74) is 3.22. The molecule has 4 N–H and O–H groups in total. The van der Waals surface area contributed by atoms with Crippen LogP contribution >= 0.6 is 0 Å². The fourth-order valence-corrected chi connectivity index (χ4v) is 2.27. The average molecular weight is 299 g/mol. The molecule has 0 radical (unpaired) electrons. The highest BCUT2D eigenvalue weighted by molar-refractivity contribution is 6.70. The van der Waals surface area contributed by atoms with Crippen molar-refractivity contribution in [3.63, 3.8) is 0 Å². The molecule has 0 saturated carbocycles. The van der Waals surface area contributed by atoms with Crippen LogP contribution < -0.4 is 5.73 Å². The van der Waals surface area contributed by atoms with Crippen molar-refractivity contribution >= 4 is 23.1 Å². The fourth-order valence-electron chi connectivity index (χ4n) is 2.27. The highest BCUT2D eigenvalue weighted by Gasteiger charge is 2.49. The van der Waals surface area contributed by atoms with Crippen LogP contribution in [-0.4, -0.2) is 64.1 Å². The highest BCUT2D eigenvalue weighted by atomic mass is 16.5. The number of ether oxygens (including phenoxy) is 2. The van der Waals surface area contributed by atoms with E-state index in [1.54, 1.807) is 20.8 Å². The molecule has 116 valence electrons. The minimum Gasteiger partial charge on any atom is -0.619 e. The van der Waals surface area contributed by atoms with Gasteiger partial charge in [-0.3, -0.25) is 5.73 Å². The summed E-state index contributed by atoms with van der Waals surface area (Å²) < 4.78 is 11.0. The van der Waals surface area contributed by atoms with Gasteiger partial charge in [-0.1, -0.05) is 5.16 Å². The van der Waals surface area contributed by atoms with Crippen molar-refractivity contribution in [3.05, 3.63) is 5.21 Å². The Balaban J connectivity index is 2.48. The molecular weight excluding hydrogens is 280 g/mol. The molecular formula is C12H19N4O5+. The highest BCUT2D eigenvalue weighted by Crippen LogP contribution is 2.22. The van der Waals surface area contributed by atoms with Crippen molar-refractivity contribution in [2.24, 2.45) is 10.1 Å². The number of rotatable bonds is 2. The lowest BCUT2D eigenvalue weighted by Crippen LogP contribution is -2.75. The van der Waals surface area contributed by atoms with Crippen LogP contribution in [0.1, 0.15) is 20.8 Å². The maximum Gasteiger partial charge on any atom is 0.344 e. The van der Waals surface area contributed by atoms with Gasteiger partial charge < -0.3 is 19.9 Å². The molecule has 0 unspecified atom stereocenters. The minimum absolute atomic E-state index is 0.00984. The largest absolute Gasteiger partial charge is 0.619 e. The first kappa shape index (κ1) is 15.4. The molecule has 0 aromatic heterocycles. The number of aliphatic imine (C=N–C) groups is 1. The first-order valence-corrected chi connectivity index (χ1v) is 6.60. The number of hydroxylamine groups is 1. The second kappa shape index (κ2) is 5.41. The smallest absolute Gasteiger partial charge is 0.344 e. The summed E-state index contributed by atoms with van der Waals surface area (Å²) in [6.07, 6.45) is -0.951. The third-order valence-electron chi connectivity index (χ3n) is 3.47. The van der Waals surface area contributed by atoms with Gasteiger partial charge in [0.25, 0.3) is 6.04 Å². The topological polar surface area (TPSA) is 134 Å². The molecule has 2 heterocycles. The number of hydrogen-bond donors (Lipinski definition) is 2. The normalized spacial score (nSPS) is 29.9. The Labute approximate surface area is 121 Å². The Bertz CT molecular complexity index is 552. The summed E-state index contributed by atoms with van der Waals surface area (Å²) in [6, 6.07) is -1.06. The zero-order valence-electron chi connectivity index (χ0n) is 12.2. The van der Waals surface area contributed by atoms with Crippen molar-refractivity contribution < 1.29 is 29.9 Å². The zero-order chi connectivity index (χ0) is 15.8. The number of fused-ring (bicyclic) bond motifs is 1. The first-order chi connectivity index (χ1) is 9.83. The molecule has 1 saturated heterocycles. The molecule has 2 aliphatic rings. The second-order valence-electron chi connectivity index (χ2n) is 5.26. The lowest BCUT2D eigenvalue weighted by molar-refractivity contribution is -0.694. The molecule has 2 aliphatic heterocycles. The first-order valence-electron chi connectivity index (χ1n) is 6.60. The average Bonchev–Trinajstić information content (AvgIpc) is 2.42. The van der Waals surface area contributed by atoms with Crippen molar-refractivity contribution in [1.29, 1.82) is 0 Å². The molecule has 9 heteroatoms. The van der Waals surface area contributed by atoms with Gasteiger partial charge in [0.05, 0.1) is 6.61 Å². The van der Waals surface area contributed by atoms with Gasteiger partial charge in [0.1, 0.15) is 17.9 Å². The molecule has 0 spiro atoms. The van der Waals surface area contributed by atoms with Gasteiger partial charge in [-0.2, -0.15) is 0 Å². The summed E-state index contributed by atoms with van der Waals surface area (Å²) in [5.74, 6) is -0.633. The molecule has 2 rings (SSSR count). The summed E-state index contributed by atoms with van der Waals surface area (Å²) in [5, 5.41) is 24.7. The van der Waals surface area contributed by atoms with Gasteiger partial charge >= 0.3 is 12.1 Å². The van der Waals surface area contributed by atoms with E-state index in [9.17, 15) is 15.2 Å². The van der Waals surface area contributed by atoms with E-state index in [-0.39, 0.29) is 30.3 Å². The maximum absolute atomic E-state index is 12.3. The van der Waals surface area contributed by atoms with Crippen LogP contribution in [-0.2, 0) is 14.3 Å². The molecule has 0 bridgehead atoms. The Morgan fingerprint density at radius 1 is 1.71 bits per heavy atom. The van der Waals surface area contributed by atoms with Crippen LogP contribution in [0.3, 0.4) is 0 Å². The van der Waals surface area contributed by atoms with Gasteiger partial charge in [-0.05, 0) is 20.8 Å². The Hall–Kier alpha value is -2.00. The van der Waals surface area contributed by atoms with Gasteiger partial charge in [0, 0.05) is 0 Å². The van der Waals surface area contributed by atoms with Crippen molar-refractivity contribution in [2.75, 3.05) is 13.2 Å². The van der Waals surface area contributed by atoms with Crippen LogP contribution in [0.15, 0.2) is 10.1 Å². The zero-order valence-corrected chi connectivity index (χ0v) is 12.2. The van der Waals surface area contributed by atoms with E-state index < -0.39 is 23.8 Å². The third-order valence-corrected chi connectivity index (χ3v) is 3.47. The van der Waals surface area contributed by atoms with Crippen molar-refractivity contribution in [3.8, 4) is 0 Å². The Kier molecular flexibility index (Phi) is 3.97. The van der Waals surface area contributed by atoms with E-state index in [0.717, 1.165) is 0 Å². The van der Waals surface area contributed by atoms with Gasteiger partial charge in [-0.15, -0.1) is 4.74 Å². The van der Waals surface area contributed by atoms with Crippen LogP contribution in [0.4, 0.5) is 0 Å². The van der Waals surface area contributed by atoms with E-state index >= 15 is 0 Å². The van der Waals surface area contributed by atoms with Crippen LogP contribution in [0, 0.1) is 5.21 Å². The lowest BCUT2D eigenvalue weighted by atomic mass is 9.91. The van der Waals surface area contributed by atoms with Crippen LogP contribution in [0.2, 0.25) is 0 Å². The fraction of sp³-hybridized carbons (Fsp3) is 0.667. The number of quaternary nitrogens is 1. The van der Waals surface area contributed by atoms with E-state index in [1.807, 2.05) is 0 Å². The Morgan fingerprint density at radius 2 is 2.38 bits per heavy atom. The van der Waals surface area contributed by atoms with E-state index in [1.165, 1.54) is 0 Å². The molecule has 21 heavy (non-hydrogen) atoms. The standard InChI is InChI=1S/C12H18N4O5/c1-4-20-11(17)8-10(13)16(19)6-5-21-12(2,3)9(15-18)7(6)14-8/h8,10,18H,4-5,13H2,1-3H3/p+1/b15-9-/t8-,10+/m1/s1. The maximum atomic E-state index is 12.3. The van der Waals surface area contributed by atoms with Crippen LogP contribution in [0.5, 0.6) is 0 Å². The van der Waals surface area contributed by atoms with Gasteiger partial charge in [0.2, 0.25) is 5.71 Å². The lowest BCUT2D eigenvalue weighted by Gasteiger charge is -2.34. The number of hydrogen-bond acceptors (Lipinski definition) is 7. The SMILES string of the molecule is CCOC(=O)[C@@H]1N=C2C(=[N+]([O-])[C@@H]1[NH3+])COC(C)(C)/C2=N\O. The molecule has 0 aliphatic carbocycles. The predicted molar refractivity (Wildman–Crippen MR) is 72.4 cm³/mol. The summed E-state index contributed by atoms with van der Waals surface area (Å²) >= 11 is 0. The molecule has 0 amide bonds. The predicted octanol–water partition coefficient (Wildman–Crippen LogP) is -1.47. The van der Waals surface area contributed by atoms with E-state index in [0.29, 0.717) is 4.74 Å². The summed E-state index contributed by atoms with van der Waals surface area (Å²) in [7, 11) is 0. The van der Waals surface area contributed by atoms with E-state index in [2.05, 4.69) is 15.9 Å². The number of oxime groups is 1. The molecule has 0 aromatic carbocycles. The number of esters is 1. The minimum atomic E-state index is -1.06. The number of nitrogens with zero attached hydrogens (tertiary/aromatic N) is 3. The van der Waals surface area contributed by atoms with Gasteiger partial charge in [0.15, 0.2) is 5.71 Å². The van der Waals surface area contributed by atoms with Gasteiger partial charge in [-0.25, -0.2) is 9.79 Å². The van der Waals surface area contributed by atoms with Crippen molar-refractivity contribution in [2.45, 2.75) is 38.6 Å². The quantitative estimate of drug-likeness (QED) is 0.211. The monoisotopic (exact) mass is 299 g/mol. The summed E-state index contributed by atoms with van der Waals surface area (Å²) in [6.45, 7) is 5.22. The van der Waals surface area contributed by atoms with E-state index in [4.69, 9.17) is 9.47 Å². The molecule has 9 nitrogen and oxygen atoms in total. The molecule has 0 aromatic rings. The van der Waals surface area contributed by atoms with Crippen molar-refractivity contribution in [1.82, 2.24) is 0 Å². The second-order valence-corrected chi connectivity index (χ2v) is 5.26. The summed E-state index contributed by atoms with van der Waals surface area (Å²) in [4.78, 5) is 16.1. The Morgan fingerprint density at radius 3 is 2.95 bits per heavy atom.